The van der Waals surface area contributed by atoms with Crippen LogP contribution in [0, 0.1) is 0 Å². The molecule has 0 bridgehead atoms. The maximum atomic E-state index is 12.9. The molecule has 9 heteroatoms. The molecule has 0 spiro atoms. The van der Waals surface area contributed by atoms with Gasteiger partial charge in [0.15, 0.2) is 5.16 Å². The van der Waals surface area contributed by atoms with Crippen molar-refractivity contribution < 1.29 is 18.0 Å². The Morgan fingerprint density at radius 1 is 1.13 bits per heavy atom. The Balaban J connectivity index is 1.52. The van der Waals surface area contributed by atoms with Crippen LogP contribution in [0.5, 0.6) is 0 Å². The molecule has 3 aromatic rings. The predicted molar refractivity (Wildman–Crippen MR) is 109 cm³/mol. The lowest BCUT2D eigenvalue weighted by molar-refractivity contribution is -0.137. The maximum absolute atomic E-state index is 12.9. The molecule has 1 saturated carbocycles. The summed E-state index contributed by atoms with van der Waals surface area (Å²) in [5.41, 5.74) is 0.210. The molecule has 1 aromatic heterocycles. The standard InChI is InChI=1S/C21H19F3N4OS/c1-13(19(29)25-16-7-5-6-15(12-16)21(22,23)24)30-20-27-26-18(14-10-11-14)28(20)17-8-3-2-4-9-17/h2-9,12-14H,10-11H2,1H3,(H,25,29). The van der Waals surface area contributed by atoms with Crippen molar-refractivity contribution in [3.8, 4) is 5.69 Å². The molecule has 0 aliphatic heterocycles. The number of nitrogens with one attached hydrogen (secondary N) is 1. The van der Waals surface area contributed by atoms with Crippen LogP contribution in [0.1, 0.15) is 37.1 Å². The van der Waals surface area contributed by atoms with Crippen LogP contribution in [0.4, 0.5) is 18.9 Å². The van der Waals surface area contributed by atoms with Gasteiger partial charge >= 0.3 is 6.18 Å². The summed E-state index contributed by atoms with van der Waals surface area (Å²) in [7, 11) is 0. The van der Waals surface area contributed by atoms with Crippen LogP contribution in [-0.4, -0.2) is 25.9 Å². The third-order valence-electron chi connectivity index (χ3n) is 4.72. The summed E-state index contributed by atoms with van der Waals surface area (Å²) < 4.78 is 40.6. The number of rotatable bonds is 6. The number of para-hydroxylation sites is 1. The normalized spacial score (nSPS) is 15.1. The van der Waals surface area contributed by atoms with Crippen LogP contribution < -0.4 is 5.32 Å². The number of aromatic nitrogens is 3. The van der Waals surface area contributed by atoms with Crippen LogP contribution in [0.15, 0.2) is 59.8 Å². The Labute approximate surface area is 175 Å². The number of amides is 1. The highest BCUT2D eigenvalue weighted by Gasteiger charge is 2.32. The number of halogens is 3. The summed E-state index contributed by atoms with van der Waals surface area (Å²) in [5, 5.41) is 11.2. The smallest absolute Gasteiger partial charge is 0.325 e. The number of carbonyl (C=O) groups is 1. The van der Waals surface area contributed by atoms with Crippen molar-refractivity contribution in [2.24, 2.45) is 0 Å². The van der Waals surface area contributed by atoms with Gasteiger partial charge in [0, 0.05) is 17.3 Å². The molecule has 1 aliphatic carbocycles. The second-order valence-electron chi connectivity index (χ2n) is 7.11. The molecule has 0 radical (unpaired) electrons. The molecular formula is C21H19F3N4OS. The lowest BCUT2D eigenvalue weighted by Gasteiger charge is -2.14. The van der Waals surface area contributed by atoms with Gasteiger partial charge in [-0.25, -0.2) is 0 Å². The van der Waals surface area contributed by atoms with Gasteiger partial charge in [0.25, 0.3) is 0 Å². The van der Waals surface area contributed by atoms with Crippen molar-refractivity contribution in [2.75, 3.05) is 5.32 Å². The zero-order valence-electron chi connectivity index (χ0n) is 16.1. The first-order valence-corrected chi connectivity index (χ1v) is 10.4. The Morgan fingerprint density at radius 3 is 2.53 bits per heavy atom. The lowest BCUT2D eigenvalue weighted by Crippen LogP contribution is -2.23. The molecule has 1 fully saturated rings. The Morgan fingerprint density at radius 2 is 1.87 bits per heavy atom. The zero-order chi connectivity index (χ0) is 21.3. The highest BCUT2D eigenvalue weighted by atomic mass is 32.2. The fourth-order valence-corrected chi connectivity index (χ4v) is 3.89. The van der Waals surface area contributed by atoms with Gasteiger partial charge in [-0.2, -0.15) is 13.2 Å². The molecule has 1 N–H and O–H groups in total. The van der Waals surface area contributed by atoms with Crippen LogP contribution in [-0.2, 0) is 11.0 Å². The van der Waals surface area contributed by atoms with Crippen molar-refractivity contribution >= 4 is 23.4 Å². The minimum absolute atomic E-state index is 0.102. The van der Waals surface area contributed by atoms with Crippen molar-refractivity contribution in [1.29, 1.82) is 0 Å². The lowest BCUT2D eigenvalue weighted by atomic mass is 10.2. The van der Waals surface area contributed by atoms with E-state index >= 15 is 0 Å². The van der Waals surface area contributed by atoms with Gasteiger partial charge in [-0.05, 0) is 50.1 Å². The van der Waals surface area contributed by atoms with E-state index in [1.165, 1.54) is 23.9 Å². The number of thioether (sulfide) groups is 1. The average molecular weight is 432 g/mol. The topological polar surface area (TPSA) is 59.8 Å². The fraction of sp³-hybridized carbons (Fsp3) is 0.286. The van der Waals surface area contributed by atoms with E-state index in [9.17, 15) is 18.0 Å². The minimum atomic E-state index is -4.47. The summed E-state index contributed by atoms with van der Waals surface area (Å²) >= 11 is 1.22. The summed E-state index contributed by atoms with van der Waals surface area (Å²) in [6.07, 6.45) is -2.35. The molecule has 30 heavy (non-hydrogen) atoms. The van der Waals surface area contributed by atoms with E-state index in [0.29, 0.717) is 11.1 Å². The van der Waals surface area contributed by atoms with Gasteiger partial charge in [-0.3, -0.25) is 9.36 Å². The second kappa shape index (κ2) is 8.14. The summed E-state index contributed by atoms with van der Waals surface area (Å²) in [4.78, 5) is 12.6. The first-order chi connectivity index (χ1) is 14.3. The summed E-state index contributed by atoms with van der Waals surface area (Å²) in [5.74, 6) is 0.824. The largest absolute Gasteiger partial charge is 0.416 e. The van der Waals surface area contributed by atoms with Gasteiger partial charge < -0.3 is 5.32 Å². The molecule has 1 atom stereocenters. The van der Waals surface area contributed by atoms with Crippen molar-refractivity contribution in [1.82, 2.24) is 14.8 Å². The average Bonchev–Trinajstić information content (AvgIpc) is 3.48. The second-order valence-corrected chi connectivity index (χ2v) is 8.42. The fourth-order valence-electron chi connectivity index (χ4n) is 3.01. The third-order valence-corrected chi connectivity index (χ3v) is 5.77. The van der Waals surface area contributed by atoms with Crippen molar-refractivity contribution in [2.45, 2.75) is 42.3 Å². The molecule has 5 nitrogen and oxygen atoms in total. The van der Waals surface area contributed by atoms with E-state index in [-0.39, 0.29) is 5.69 Å². The monoisotopic (exact) mass is 432 g/mol. The molecule has 1 aliphatic rings. The van der Waals surface area contributed by atoms with E-state index in [0.717, 1.165) is 36.5 Å². The first-order valence-electron chi connectivity index (χ1n) is 9.48. The quantitative estimate of drug-likeness (QED) is 0.538. The first kappa shape index (κ1) is 20.5. The maximum Gasteiger partial charge on any atom is 0.416 e. The van der Waals surface area contributed by atoms with E-state index in [4.69, 9.17) is 0 Å². The van der Waals surface area contributed by atoms with Gasteiger partial charge in [-0.1, -0.05) is 36.0 Å². The van der Waals surface area contributed by atoms with E-state index in [1.807, 2.05) is 34.9 Å². The highest BCUT2D eigenvalue weighted by Crippen LogP contribution is 2.41. The highest BCUT2D eigenvalue weighted by molar-refractivity contribution is 8.00. The van der Waals surface area contributed by atoms with Crippen LogP contribution in [0.3, 0.4) is 0 Å². The third kappa shape index (κ3) is 4.51. The summed E-state index contributed by atoms with van der Waals surface area (Å²) in [6, 6.07) is 14.3. The van der Waals surface area contributed by atoms with Gasteiger partial charge in [0.2, 0.25) is 5.91 Å². The molecular weight excluding hydrogens is 413 g/mol. The number of anilines is 1. The summed E-state index contributed by atoms with van der Waals surface area (Å²) in [6.45, 7) is 1.69. The number of hydrogen-bond acceptors (Lipinski definition) is 4. The predicted octanol–water partition coefficient (Wildman–Crippen LogP) is 5.28. The molecule has 156 valence electrons. The SMILES string of the molecule is CC(Sc1nnc(C2CC2)n1-c1ccccc1)C(=O)Nc1cccc(C(F)(F)F)c1. The molecule has 1 amide bonds. The van der Waals surface area contributed by atoms with Crippen LogP contribution >= 0.6 is 11.8 Å². The van der Waals surface area contributed by atoms with E-state index < -0.39 is 22.9 Å². The number of alkyl halides is 3. The Kier molecular flexibility index (Phi) is 5.55. The van der Waals surface area contributed by atoms with Gasteiger partial charge in [0.1, 0.15) is 5.82 Å². The molecule has 2 aromatic carbocycles. The number of hydrogen-bond donors (Lipinski definition) is 1. The molecule has 1 heterocycles. The van der Waals surface area contributed by atoms with E-state index in [2.05, 4.69) is 15.5 Å². The minimum Gasteiger partial charge on any atom is -0.325 e. The number of benzene rings is 2. The number of nitrogens with zero attached hydrogens (tertiary/aromatic N) is 3. The van der Waals surface area contributed by atoms with Gasteiger partial charge in [-0.15, -0.1) is 10.2 Å². The number of carbonyl (C=O) groups excluding carboxylic acids is 1. The van der Waals surface area contributed by atoms with Crippen molar-refractivity contribution in [3.63, 3.8) is 0 Å². The Hall–Kier alpha value is -2.81. The van der Waals surface area contributed by atoms with Crippen LogP contribution in [0.25, 0.3) is 5.69 Å². The molecule has 4 rings (SSSR count). The Bertz CT molecular complexity index is 1050. The molecule has 1 unspecified atom stereocenters. The van der Waals surface area contributed by atoms with E-state index in [1.54, 1.807) is 6.92 Å². The van der Waals surface area contributed by atoms with Crippen LogP contribution in [0.2, 0.25) is 0 Å². The van der Waals surface area contributed by atoms with Gasteiger partial charge in [0.05, 0.1) is 10.8 Å². The molecule has 0 saturated heterocycles. The van der Waals surface area contributed by atoms with Crippen molar-refractivity contribution in [3.05, 3.63) is 66.0 Å². The zero-order valence-corrected chi connectivity index (χ0v) is 16.9.